The van der Waals surface area contributed by atoms with E-state index in [0.717, 1.165) is 33.8 Å². The number of hydrazone groups is 1. The van der Waals surface area contributed by atoms with E-state index in [1.54, 1.807) is 11.3 Å². The number of aromatic nitrogens is 1. The van der Waals surface area contributed by atoms with E-state index in [1.807, 2.05) is 24.3 Å². The van der Waals surface area contributed by atoms with Gasteiger partial charge in [0.2, 0.25) is 5.13 Å². The molecular formula is C19H22ClN3S. The van der Waals surface area contributed by atoms with Crippen molar-refractivity contribution < 1.29 is 0 Å². The highest BCUT2D eigenvalue weighted by Gasteiger charge is 2.59. The molecule has 2 saturated carbocycles. The second kappa shape index (κ2) is 5.57. The average molecular weight is 360 g/mol. The van der Waals surface area contributed by atoms with Crippen molar-refractivity contribution >= 4 is 33.8 Å². The predicted molar refractivity (Wildman–Crippen MR) is 103 cm³/mol. The standard InChI is InChI=1S/C19H22ClN3S/c1-18(2)13-8-9-19(18,3)16(10-13)22-23-17-21-15(11-24-17)12-4-6-14(20)7-5-12/h4-7,11,13H,8-10H2,1-3H3,(H,21,23)/b22-16+/t13-,19+/m1/s1. The van der Waals surface area contributed by atoms with Crippen molar-refractivity contribution in [3.63, 3.8) is 0 Å². The zero-order valence-electron chi connectivity index (χ0n) is 14.3. The molecule has 2 aromatic rings. The molecule has 2 aliphatic carbocycles. The van der Waals surface area contributed by atoms with E-state index < -0.39 is 0 Å². The molecule has 1 heterocycles. The van der Waals surface area contributed by atoms with Crippen LogP contribution in [0, 0.1) is 16.7 Å². The van der Waals surface area contributed by atoms with Crippen LogP contribution in [0.1, 0.15) is 40.0 Å². The van der Waals surface area contributed by atoms with Crippen molar-refractivity contribution in [2.75, 3.05) is 5.43 Å². The van der Waals surface area contributed by atoms with Gasteiger partial charge in [0.1, 0.15) is 0 Å². The summed E-state index contributed by atoms with van der Waals surface area (Å²) in [5.74, 6) is 0.768. The van der Waals surface area contributed by atoms with Crippen molar-refractivity contribution in [3.8, 4) is 11.3 Å². The molecular weight excluding hydrogens is 338 g/mol. The number of nitrogens with one attached hydrogen (secondary N) is 1. The van der Waals surface area contributed by atoms with Crippen molar-refractivity contribution in [3.05, 3.63) is 34.7 Å². The summed E-state index contributed by atoms with van der Waals surface area (Å²) < 4.78 is 0. The van der Waals surface area contributed by atoms with Gasteiger partial charge < -0.3 is 0 Å². The lowest BCUT2D eigenvalue weighted by Gasteiger charge is -2.34. The molecule has 0 spiro atoms. The molecule has 2 aliphatic rings. The lowest BCUT2D eigenvalue weighted by Crippen LogP contribution is -2.32. The summed E-state index contributed by atoms with van der Waals surface area (Å²) in [5, 5.41) is 8.40. The Morgan fingerprint density at radius 1 is 1.25 bits per heavy atom. The van der Waals surface area contributed by atoms with Crippen LogP contribution in [0.3, 0.4) is 0 Å². The van der Waals surface area contributed by atoms with Gasteiger partial charge in [-0.05, 0) is 42.7 Å². The van der Waals surface area contributed by atoms with Gasteiger partial charge in [0, 0.05) is 27.1 Å². The molecule has 2 fully saturated rings. The fourth-order valence-electron chi connectivity index (χ4n) is 4.29. The third kappa shape index (κ3) is 2.39. The maximum Gasteiger partial charge on any atom is 0.203 e. The molecule has 0 aliphatic heterocycles. The Labute approximate surface area is 152 Å². The first-order chi connectivity index (χ1) is 11.4. The number of benzene rings is 1. The van der Waals surface area contributed by atoms with E-state index in [2.05, 4.69) is 36.6 Å². The van der Waals surface area contributed by atoms with Crippen molar-refractivity contribution in [1.82, 2.24) is 4.98 Å². The molecule has 1 N–H and O–H groups in total. The summed E-state index contributed by atoms with van der Waals surface area (Å²) in [6.45, 7) is 7.17. The first-order valence-corrected chi connectivity index (χ1v) is 9.70. The molecule has 2 atom stereocenters. The number of fused-ring (bicyclic) bond motifs is 2. The summed E-state index contributed by atoms with van der Waals surface area (Å²) in [6.07, 6.45) is 3.70. The minimum atomic E-state index is 0.223. The zero-order valence-corrected chi connectivity index (χ0v) is 15.8. The van der Waals surface area contributed by atoms with E-state index in [-0.39, 0.29) is 5.41 Å². The summed E-state index contributed by atoms with van der Waals surface area (Å²) in [7, 11) is 0. The fourth-order valence-corrected chi connectivity index (χ4v) is 5.08. The van der Waals surface area contributed by atoms with Crippen molar-refractivity contribution in [2.45, 2.75) is 40.0 Å². The molecule has 1 aromatic carbocycles. The highest BCUT2D eigenvalue weighted by molar-refractivity contribution is 7.14. The molecule has 0 unspecified atom stereocenters. The molecule has 5 heteroatoms. The molecule has 0 radical (unpaired) electrons. The zero-order chi connectivity index (χ0) is 16.9. The van der Waals surface area contributed by atoms with Crippen LogP contribution < -0.4 is 5.43 Å². The summed E-state index contributed by atoms with van der Waals surface area (Å²) >= 11 is 7.53. The highest BCUT2D eigenvalue weighted by Crippen LogP contribution is 2.63. The highest BCUT2D eigenvalue weighted by atomic mass is 35.5. The SMILES string of the molecule is CC1(C)[C@@H]2CC[C@@]1(C)/C(=N/Nc1nc(-c3ccc(Cl)cc3)cs1)C2. The second-order valence-electron chi connectivity index (χ2n) is 7.71. The number of hydrogen-bond acceptors (Lipinski definition) is 4. The van der Waals surface area contributed by atoms with Crippen LogP contribution >= 0.6 is 22.9 Å². The number of thiazole rings is 1. The Morgan fingerprint density at radius 2 is 2.00 bits per heavy atom. The van der Waals surface area contributed by atoms with E-state index >= 15 is 0 Å². The van der Waals surface area contributed by atoms with Gasteiger partial charge in [0.25, 0.3) is 0 Å². The van der Waals surface area contributed by atoms with Gasteiger partial charge in [-0.2, -0.15) is 5.10 Å². The van der Waals surface area contributed by atoms with Gasteiger partial charge in [-0.25, -0.2) is 4.98 Å². The molecule has 0 saturated heterocycles. The minimum absolute atomic E-state index is 0.223. The fraction of sp³-hybridized carbons (Fsp3) is 0.474. The quantitative estimate of drug-likeness (QED) is 0.674. The summed E-state index contributed by atoms with van der Waals surface area (Å²) in [6, 6.07) is 7.77. The largest absolute Gasteiger partial charge is 0.253 e. The van der Waals surface area contributed by atoms with Crippen molar-refractivity contribution in [2.24, 2.45) is 21.8 Å². The number of nitrogens with zero attached hydrogens (tertiary/aromatic N) is 2. The van der Waals surface area contributed by atoms with E-state index in [1.165, 1.54) is 18.6 Å². The van der Waals surface area contributed by atoms with Gasteiger partial charge in [0.15, 0.2) is 0 Å². The molecule has 126 valence electrons. The van der Waals surface area contributed by atoms with Gasteiger partial charge in [-0.1, -0.05) is 44.5 Å². The Bertz CT molecular complexity index is 793. The van der Waals surface area contributed by atoms with Gasteiger partial charge in [-0.3, -0.25) is 5.43 Å². The first kappa shape index (κ1) is 16.1. The normalized spacial score (nSPS) is 29.3. The summed E-state index contributed by atoms with van der Waals surface area (Å²) in [4.78, 5) is 4.65. The van der Waals surface area contributed by atoms with Crippen LogP contribution in [-0.4, -0.2) is 10.7 Å². The summed E-state index contributed by atoms with van der Waals surface area (Å²) in [5.41, 5.74) is 7.12. The Morgan fingerprint density at radius 3 is 2.62 bits per heavy atom. The van der Waals surface area contributed by atoms with Crippen LogP contribution in [0.25, 0.3) is 11.3 Å². The minimum Gasteiger partial charge on any atom is -0.253 e. The smallest absolute Gasteiger partial charge is 0.203 e. The first-order valence-electron chi connectivity index (χ1n) is 8.45. The second-order valence-corrected chi connectivity index (χ2v) is 9.00. The number of halogens is 1. The molecule has 0 amide bonds. The molecule has 24 heavy (non-hydrogen) atoms. The Balaban J connectivity index is 1.52. The monoisotopic (exact) mass is 359 g/mol. The number of anilines is 1. The van der Waals surface area contributed by atoms with Crippen molar-refractivity contribution in [1.29, 1.82) is 0 Å². The van der Waals surface area contributed by atoms with Crippen LogP contribution in [0.4, 0.5) is 5.13 Å². The van der Waals surface area contributed by atoms with Crippen LogP contribution in [0.15, 0.2) is 34.7 Å². The lowest BCUT2D eigenvalue weighted by atomic mass is 9.70. The van der Waals surface area contributed by atoms with Gasteiger partial charge >= 0.3 is 0 Å². The molecule has 2 bridgehead atoms. The van der Waals surface area contributed by atoms with Gasteiger partial charge in [0.05, 0.1) is 5.69 Å². The maximum atomic E-state index is 5.95. The molecule has 1 aromatic heterocycles. The van der Waals surface area contributed by atoms with Crippen LogP contribution in [-0.2, 0) is 0 Å². The molecule has 3 nitrogen and oxygen atoms in total. The number of rotatable bonds is 3. The maximum absolute atomic E-state index is 5.95. The topological polar surface area (TPSA) is 37.3 Å². The van der Waals surface area contributed by atoms with Gasteiger partial charge in [-0.15, -0.1) is 11.3 Å². The van der Waals surface area contributed by atoms with E-state index in [4.69, 9.17) is 16.7 Å². The van der Waals surface area contributed by atoms with Crippen LogP contribution in [0.5, 0.6) is 0 Å². The Hall–Kier alpha value is -1.39. The third-order valence-corrected chi connectivity index (χ3v) is 7.44. The molecule has 4 rings (SSSR count). The van der Waals surface area contributed by atoms with Crippen LogP contribution in [0.2, 0.25) is 5.02 Å². The average Bonchev–Trinajstić information content (AvgIpc) is 3.16. The number of hydrogen-bond donors (Lipinski definition) is 1. The Kier molecular flexibility index (Phi) is 3.73. The van der Waals surface area contributed by atoms with E-state index in [9.17, 15) is 0 Å². The van der Waals surface area contributed by atoms with E-state index in [0.29, 0.717) is 5.41 Å². The predicted octanol–water partition coefficient (Wildman–Crippen LogP) is 6.08. The third-order valence-electron chi connectivity index (χ3n) is 6.44. The lowest BCUT2D eigenvalue weighted by molar-refractivity contribution is 0.194.